The fourth-order valence-electron chi connectivity index (χ4n) is 9.17. The Morgan fingerprint density at radius 2 is 1.35 bits per heavy atom. The molecule has 2 nitrogen and oxygen atoms in total. The number of hydrogen-bond donors (Lipinski definition) is 0. The van der Waals surface area contributed by atoms with E-state index in [1.165, 1.54) is 86.9 Å². The molecule has 2 atom stereocenters. The molecule has 0 amide bonds. The zero-order valence-electron chi connectivity index (χ0n) is 38.7. The first-order chi connectivity index (χ1) is 26.2. The van der Waals surface area contributed by atoms with Crippen LogP contribution in [0.3, 0.4) is 0 Å². The zero-order chi connectivity index (χ0) is 42.1. The summed E-state index contributed by atoms with van der Waals surface area (Å²) in [6, 6.07) is 23.5. The normalized spacial score (nSPS) is 22.9. The van der Waals surface area contributed by atoms with Gasteiger partial charge in [0.15, 0.2) is 0 Å². The third kappa shape index (κ3) is 8.39. The Labute approximate surface area is 353 Å². The van der Waals surface area contributed by atoms with E-state index in [1.807, 2.05) is 0 Å². The Morgan fingerprint density at radius 3 is 1.93 bits per heavy atom. The molecule has 1 fully saturated rings. The zero-order valence-corrected chi connectivity index (χ0v) is 39.5. The number of allylic oxidation sites excluding steroid dienone is 4. The lowest BCUT2D eigenvalue weighted by Crippen LogP contribution is -2.41. The molecule has 3 aromatic rings. The van der Waals surface area contributed by atoms with E-state index in [1.54, 1.807) is 5.57 Å². The summed E-state index contributed by atoms with van der Waals surface area (Å²) in [4.78, 5) is 5.19. The molecule has 306 valence electrons. The molecule has 57 heavy (non-hydrogen) atoms. The lowest BCUT2D eigenvalue weighted by Gasteiger charge is -2.45. The number of fused-ring (bicyclic) bond motifs is 2. The van der Waals surface area contributed by atoms with Crippen molar-refractivity contribution in [2.24, 2.45) is 5.41 Å². The van der Waals surface area contributed by atoms with Crippen LogP contribution in [0.1, 0.15) is 164 Å². The Bertz CT molecular complexity index is 2100. The minimum absolute atomic E-state index is 0.0358. The van der Waals surface area contributed by atoms with Gasteiger partial charge in [0.1, 0.15) is 0 Å². The monoisotopic (exact) mass is 783 g/mol. The van der Waals surface area contributed by atoms with Crippen LogP contribution in [0.15, 0.2) is 107 Å². The minimum Gasteiger partial charge on any atom is -0.332 e. The molecule has 2 heterocycles. The third-order valence-corrected chi connectivity index (χ3v) is 15.4. The molecular formula is C54H74N2S. The van der Waals surface area contributed by atoms with Crippen molar-refractivity contribution >= 4 is 28.8 Å². The van der Waals surface area contributed by atoms with Crippen LogP contribution in [-0.4, -0.2) is 11.3 Å². The second kappa shape index (κ2) is 15.0. The van der Waals surface area contributed by atoms with E-state index in [4.69, 9.17) is 6.58 Å². The summed E-state index contributed by atoms with van der Waals surface area (Å²) in [5, 5.41) is 1.45. The number of nitrogens with zero attached hydrogens (tertiary/aromatic N) is 2. The number of thioether (sulfide) groups is 1. The second-order valence-electron chi connectivity index (χ2n) is 22.1. The summed E-state index contributed by atoms with van der Waals surface area (Å²) >= 11 is 2.16. The summed E-state index contributed by atoms with van der Waals surface area (Å²) < 4.78 is 0.208. The Hall–Kier alpha value is -3.43. The molecule has 3 aliphatic rings. The first-order valence-electron chi connectivity index (χ1n) is 21.7. The van der Waals surface area contributed by atoms with Crippen LogP contribution in [0.25, 0.3) is 0 Å². The molecule has 0 spiro atoms. The van der Waals surface area contributed by atoms with Crippen LogP contribution in [0.4, 0.5) is 17.1 Å². The molecule has 0 aromatic heterocycles. The van der Waals surface area contributed by atoms with Crippen molar-refractivity contribution in [2.75, 3.05) is 16.3 Å². The summed E-state index contributed by atoms with van der Waals surface area (Å²) in [6.07, 6.45) is 10.9. The Morgan fingerprint density at radius 1 is 0.754 bits per heavy atom. The molecule has 0 saturated heterocycles. The number of benzene rings is 3. The van der Waals surface area contributed by atoms with E-state index in [0.29, 0.717) is 0 Å². The molecule has 1 saturated carbocycles. The van der Waals surface area contributed by atoms with Gasteiger partial charge in [0.25, 0.3) is 0 Å². The molecule has 0 N–H and O–H groups in total. The van der Waals surface area contributed by atoms with E-state index >= 15 is 0 Å². The Balaban J connectivity index is 1.51. The molecule has 3 heteroatoms. The smallest absolute Gasteiger partial charge is 0.0755 e. The number of rotatable bonds is 6. The van der Waals surface area contributed by atoms with Gasteiger partial charge in [-0.15, -0.1) is 11.8 Å². The number of anilines is 3. The van der Waals surface area contributed by atoms with Crippen LogP contribution < -0.4 is 9.80 Å². The van der Waals surface area contributed by atoms with Gasteiger partial charge in [-0.05, 0) is 125 Å². The van der Waals surface area contributed by atoms with E-state index in [-0.39, 0.29) is 31.8 Å². The van der Waals surface area contributed by atoms with E-state index in [2.05, 4.69) is 205 Å². The lowest BCUT2D eigenvalue weighted by atomic mass is 9.64. The maximum absolute atomic E-state index is 4.75. The van der Waals surface area contributed by atoms with E-state index < -0.39 is 0 Å². The highest BCUT2D eigenvalue weighted by molar-refractivity contribution is 8.04. The fraction of sp³-hybridized carbons (Fsp3) is 0.519. The lowest BCUT2D eigenvalue weighted by molar-refractivity contribution is 0.212. The molecule has 2 unspecified atom stereocenters. The van der Waals surface area contributed by atoms with Gasteiger partial charge in [-0.1, -0.05) is 157 Å². The van der Waals surface area contributed by atoms with Crippen LogP contribution in [0, 0.1) is 5.41 Å². The van der Waals surface area contributed by atoms with Gasteiger partial charge in [-0.3, -0.25) is 0 Å². The van der Waals surface area contributed by atoms with Crippen LogP contribution in [0.2, 0.25) is 0 Å². The maximum atomic E-state index is 4.75. The van der Waals surface area contributed by atoms with Crippen molar-refractivity contribution in [3.63, 3.8) is 0 Å². The predicted molar refractivity (Wildman–Crippen MR) is 254 cm³/mol. The van der Waals surface area contributed by atoms with Gasteiger partial charge in [0.2, 0.25) is 0 Å². The summed E-state index contributed by atoms with van der Waals surface area (Å²) in [5.74, 6) is 0. The highest BCUT2D eigenvalue weighted by atomic mass is 32.2. The number of hydrogen-bond acceptors (Lipinski definition) is 3. The van der Waals surface area contributed by atoms with Gasteiger partial charge < -0.3 is 9.80 Å². The van der Waals surface area contributed by atoms with Gasteiger partial charge in [-0.2, -0.15) is 0 Å². The van der Waals surface area contributed by atoms with Gasteiger partial charge in [0.05, 0.1) is 5.03 Å². The largest absolute Gasteiger partial charge is 0.332 e. The Kier molecular flexibility index (Phi) is 11.4. The predicted octanol–water partition coefficient (Wildman–Crippen LogP) is 15.8. The maximum Gasteiger partial charge on any atom is 0.0755 e. The molecular weight excluding hydrogens is 709 g/mol. The highest BCUT2D eigenvalue weighted by Crippen LogP contribution is 2.65. The number of para-hydroxylation sites is 1. The molecule has 0 radical (unpaired) electrons. The van der Waals surface area contributed by atoms with Crippen molar-refractivity contribution in [3.8, 4) is 0 Å². The summed E-state index contributed by atoms with van der Waals surface area (Å²) in [5.41, 5.74) is 16.1. The molecule has 3 aromatic carbocycles. The van der Waals surface area contributed by atoms with Gasteiger partial charge in [0, 0.05) is 45.9 Å². The van der Waals surface area contributed by atoms with Crippen molar-refractivity contribution in [1.82, 2.24) is 0 Å². The first kappa shape index (κ1) is 43.2. The van der Waals surface area contributed by atoms with Crippen molar-refractivity contribution in [3.05, 3.63) is 135 Å². The summed E-state index contributed by atoms with van der Waals surface area (Å²) in [6.45, 7) is 43.5. The van der Waals surface area contributed by atoms with Crippen molar-refractivity contribution < 1.29 is 0 Å². The standard InChI is InChI=1S/C54H74N2S/c1-36(30-47-37(2)31-39-22-18-19-23-45(39)56(47)46-25-24-40(49(4,5)6)35-44(46)52(13,14)15)26-29-55(48-38(3)53(16)27-20-21-28-54(53,17)57-48)43-33-41(50(7,8)9)32-42(34-43)51(10,11)12/h18-19,22-26,30,32-35H,2,20-21,27-29,31H2,1,3-17H3/b36-26-,47-30+. The molecule has 1 aliphatic carbocycles. The highest BCUT2D eigenvalue weighted by Gasteiger charge is 2.54. The quantitative estimate of drug-likeness (QED) is 0.246. The summed E-state index contributed by atoms with van der Waals surface area (Å²) in [7, 11) is 0. The first-order valence-corrected chi connectivity index (χ1v) is 22.5. The molecule has 0 bridgehead atoms. The molecule has 6 rings (SSSR count). The van der Waals surface area contributed by atoms with Crippen LogP contribution >= 0.6 is 11.8 Å². The van der Waals surface area contributed by atoms with Crippen LogP contribution in [-0.2, 0) is 28.1 Å². The fourth-order valence-corrected chi connectivity index (χ4v) is 11.0. The van der Waals surface area contributed by atoms with Gasteiger partial charge >= 0.3 is 0 Å². The minimum atomic E-state index is -0.0523. The van der Waals surface area contributed by atoms with Crippen LogP contribution in [0.5, 0.6) is 0 Å². The van der Waals surface area contributed by atoms with E-state index in [0.717, 1.165) is 18.5 Å². The topological polar surface area (TPSA) is 6.48 Å². The van der Waals surface area contributed by atoms with Gasteiger partial charge in [-0.25, -0.2) is 0 Å². The van der Waals surface area contributed by atoms with Crippen molar-refractivity contribution in [1.29, 1.82) is 0 Å². The third-order valence-electron chi connectivity index (χ3n) is 13.5. The molecule has 2 aliphatic heterocycles. The second-order valence-corrected chi connectivity index (χ2v) is 23.6. The average Bonchev–Trinajstić information content (AvgIpc) is 3.31. The van der Waals surface area contributed by atoms with E-state index in [9.17, 15) is 0 Å². The SMILES string of the molecule is C=C1Cc2ccccc2N(c2ccc(C(C)(C)C)cc2C(C)(C)C)/C1=C/C(C)=C\CN(C1=C(C)C2(C)CCCCC2(C)S1)c1cc(C(C)(C)C)cc(C(C)(C)C)c1. The van der Waals surface area contributed by atoms with Crippen molar-refractivity contribution in [2.45, 2.75) is 169 Å². The average molecular weight is 783 g/mol.